The number of nitrogens with one attached hydrogen (secondary N) is 2. The minimum absolute atomic E-state index is 0.0337. The topological polar surface area (TPSA) is 84.5 Å². The summed E-state index contributed by atoms with van der Waals surface area (Å²) in [6.07, 6.45) is -0.504. The van der Waals surface area contributed by atoms with Crippen molar-refractivity contribution in [3.8, 4) is 0 Å². The maximum atomic E-state index is 12.6. The van der Waals surface area contributed by atoms with Crippen LogP contribution in [0.2, 0.25) is 0 Å². The highest BCUT2D eigenvalue weighted by Gasteiger charge is 2.36. The van der Waals surface area contributed by atoms with Crippen LogP contribution in [0.5, 0.6) is 0 Å². The molecular formula is C23H30N2O4S. The lowest BCUT2D eigenvalue weighted by Crippen LogP contribution is -2.48. The Hall–Kier alpha value is -2.64. The molecule has 0 atom stereocenters. The fraction of sp³-hybridized carbons (Fsp3) is 0.348. The van der Waals surface area contributed by atoms with E-state index >= 15 is 0 Å². The number of carbonyl (C=O) groups is 1. The lowest BCUT2D eigenvalue weighted by atomic mass is 9.70. The first-order valence-electron chi connectivity index (χ1n) is 9.69. The molecule has 30 heavy (non-hydrogen) atoms. The average molecular weight is 431 g/mol. The Morgan fingerprint density at radius 2 is 1.43 bits per heavy atom. The van der Waals surface area contributed by atoms with Gasteiger partial charge in [0, 0.05) is 12.0 Å². The summed E-state index contributed by atoms with van der Waals surface area (Å²) in [5.74, 6) is 0. The molecule has 0 aliphatic rings. The Labute approximate surface area is 179 Å². The molecule has 0 bridgehead atoms. The molecule has 0 aliphatic carbocycles. The largest absolute Gasteiger partial charge is 0.443 e. The van der Waals surface area contributed by atoms with Gasteiger partial charge in [0.2, 0.25) is 0 Å². The lowest BCUT2D eigenvalue weighted by molar-refractivity contribution is 0.0569. The van der Waals surface area contributed by atoms with Crippen molar-refractivity contribution in [3.63, 3.8) is 0 Å². The number of benzene rings is 2. The van der Waals surface area contributed by atoms with E-state index in [0.29, 0.717) is 6.42 Å². The summed E-state index contributed by atoms with van der Waals surface area (Å²) in [6.45, 7) is 11.0. The van der Waals surface area contributed by atoms with Crippen LogP contribution in [0.4, 0.5) is 4.79 Å². The van der Waals surface area contributed by atoms with Gasteiger partial charge in [-0.25, -0.2) is 9.52 Å². The molecule has 0 aromatic heterocycles. The van der Waals surface area contributed by atoms with Crippen LogP contribution in [0.25, 0.3) is 0 Å². The lowest BCUT2D eigenvalue weighted by Gasteiger charge is -2.36. The first-order valence-corrected chi connectivity index (χ1v) is 11.2. The van der Waals surface area contributed by atoms with E-state index in [1.807, 2.05) is 72.3 Å². The molecule has 2 rings (SSSR count). The molecule has 2 N–H and O–H groups in total. The summed E-state index contributed by atoms with van der Waals surface area (Å²) in [7, 11) is -4.14. The zero-order valence-electron chi connectivity index (χ0n) is 17.9. The van der Waals surface area contributed by atoms with Crippen molar-refractivity contribution < 1.29 is 17.9 Å². The van der Waals surface area contributed by atoms with Crippen molar-refractivity contribution in [2.45, 2.75) is 45.1 Å². The zero-order valence-corrected chi connectivity index (χ0v) is 18.8. The molecule has 2 aromatic carbocycles. The van der Waals surface area contributed by atoms with Crippen LogP contribution in [0.3, 0.4) is 0 Å². The molecule has 1 amide bonds. The van der Waals surface area contributed by atoms with Crippen LogP contribution < -0.4 is 9.44 Å². The van der Waals surface area contributed by atoms with Gasteiger partial charge in [0.15, 0.2) is 0 Å². The fourth-order valence-electron chi connectivity index (χ4n) is 3.33. The van der Waals surface area contributed by atoms with Gasteiger partial charge in [-0.2, -0.15) is 13.1 Å². The summed E-state index contributed by atoms with van der Waals surface area (Å²) in [4.78, 5) is 11.9. The van der Waals surface area contributed by atoms with E-state index in [1.165, 1.54) is 0 Å². The molecule has 0 unspecified atom stereocenters. The number of ether oxygens (including phenoxy) is 1. The number of amides is 1. The molecule has 7 heteroatoms. The zero-order chi connectivity index (χ0) is 22.4. The molecule has 0 aliphatic heterocycles. The Bertz CT molecular complexity index is 926. The third kappa shape index (κ3) is 6.71. The van der Waals surface area contributed by atoms with Gasteiger partial charge >= 0.3 is 16.3 Å². The quantitative estimate of drug-likeness (QED) is 0.612. The summed E-state index contributed by atoms with van der Waals surface area (Å²) < 4.78 is 34.7. The van der Waals surface area contributed by atoms with Gasteiger partial charge in [0.1, 0.15) is 5.60 Å². The predicted octanol–water partition coefficient (Wildman–Crippen LogP) is 4.30. The second-order valence-corrected chi connectivity index (χ2v) is 9.88. The van der Waals surface area contributed by atoms with Crippen molar-refractivity contribution in [1.82, 2.24) is 9.44 Å². The van der Waals surface area contributed by atoms with E-state index < -0.39 is 27.3 Å². The normalized spacial score (nSPS) is 12.3. The Kier molecular flexibility index (Phi) is 7.44. The predicted molar refractivity (Wildman–Crippen MR) is 119 cm³/mol. The third-order valence-corrected chi connectivity index (χ3v) is 5.40. The van der Waals surface area contributed by atoms with Crippen molar-refractivity contribution in [2.75, 3.05) is 6.54 Å². The highest BCUT2D eigenvalue weighted by atomic mass is 32.2. The van der Waals surface area contributed by atoms with Crippen LogP contribution in [-0.4, -0.2) is 26.7 Å². The van der Waals surface area contributed by atoms with Crippen molar-refractivity contribution >= 4 is 16.3 Å². The summed E-state index contributed by atoms with van der Waals surface area (Å²) >= 11 is 0. The summed E-state index contributed by atoms with van der Waals surface area (Å²) in [5.41, 5.74) is 1.29. The van der Waals surface area contributed by atoms with Crippen LogP contribution in [0.15, 0.2) is 72.8 Å². The highest BCUT2D eigenvalue weighted by molar-refractivity contribution is 7.88. The molecule has 162 valence electrons. The second-order valence-electron chi connectivity index (χ2n) is 8.38. The first-order chi connectivity index (χ1) is 13.9. The number of hydrogen-bond acceptors (Lipinski definition) is 4. The molecule has 0 radical (unpaired) electrons. The summed E-state index contributed by atoms with van der Waals surface area (Å²) in [5, 5.41) is 0. The maximum absolute atomic E-state index is 12.6. The maximum Gasteiger partial charge on any atom is 0.422 e. The minimum atomic E-state index is -4.14. The molecule has 0 fully saturated rings. The monoisotopic (exact) mass is 430 g/mol. The minimum Gasteiger partial charge on any atom is -0.443 e. The fourth-order valence-corrected chi connectivity index (χ4v) is 4.10. The Morgan fingerprint density at radius 3 is 1.83 bits per heavy atom. The number of rotatable bonds is 8. The summed E-state index contributed by atoms with van der Waals surface area (Å²) in [6, 6.07) is 19.3. The number of hydrogen-bond donors (Lipinski definition) is 2. The van der Waals surface area contributed by atoms with Crippen molar-refractivity contribution in [3.05, 3.63) is 83.9 Å². The number of allylic oxidation sites excluding steroid dienone is 1. The molecule has 6 nitrogen and oxygen atoms in total. The van der Waals surface area contributed by atoms with E-state index in [1.54, 1.807) is 20.8 Å². The van der Waals surface area contributed by atoms with Gasteiger partial charge < -0.3 is 4.74 Å². The van der Waals surface area contributed by atoms with E-state index in [-0.39, 0.29) is 6.54 Å². The van der Waals surface area contributed by atoms with Gasteiger partial charge in [0.25, 0.3) is 0 Å². The van der Waals surface area contributed by atoms with E-state index in [2.05, 4.69) is 11.3 Å². The molecule has 2 aromatic rings. The molecule has 0 saturated carbocycles. The second kappa shape index (κ2) is 9.45. The first kappa shape index (κ1) is 23.6. The molecule has 0 saturated heterocycles. The van der Waals surface area contributed by atoms with E-state index in [0.717, 1.165) is 16.7 Å². The highest BCUT2D eigenvalue weighted by Crippen LogP contribution is 2.37. The van der Waals surface area contributed by atoms with Gasteiger partial charge in [-0.3, -0.25) is 0 Å². The van der Waals surface area contributed by atoms with Gasteiger partial charge in [-0.05, 0) is 45.2 Å². The Balaban J connectivity index is 2.38. The smallest absolute Gasteiger partial charge is 0.422 e. The number of carbonyl (C=O) groups excluding carboxylic acids is 1. The van der Waals surface area contributed by atoms with Crippen LogP contribution in [-0.2, 0) is 20.4 Å². The third-order valence-electron chi connectivity index (χ3n) is 4.44. The van der Waals surface area contributed by atoms with Crippen molar-refractivity contribution in [1.29, 1.82) is 0 Å². The standard InChI is InChI=1S/C23H30N2O4S/c1-18(2)16-23(19-12-8-6-9-13-19,20-14-10-7-11-15-20)17-24-30(27,28)25-21(26)29-22(3,4)5/h6-15,24H,1,16-17H2,2-5H3,(H,25,26). The average Bonchev–Trinajstić information content (AvgIpc) is 2.64. The van der Waals surface area contributed by atoms with Crippen LogP contribution in [0, 0.1) is 0 Å². The van der Waals surface area contributed by atoms with Gasteiger partial charge in [-0.1, -0.05) is 66.2 Å². The van der Waals surface area contributed by atoms with Crippen LogP contribution >= 0.6 is 0 Å². The van der Waals surface area contributed by atoms with E-state index in [9.17, 15) is 13.2 Å². The van der Waals surface area contributed by atoms with Crippen LogP contribution in [0.1, 0.15) is 45.2 Å². The molecular weight excluding hydrogens is 400 g/mol. The van der Waals surface area contributed by atoms with Crippen molar-refractivity contribution in [2.24, 2.45) is 0 Å². The van der Waals surface area contributed by atoms with Gasteiger partial charge in [0.05, 0.1) is 0 Å². The Morgan fingerprint density at radius 1 is 0.967 bits per heavy atom. The van der Waals surface area contributed by atoms with Gasteiger partial charge in [-0.15, -0.1) is 6.58 Å². The SMILES string of the molecule is C=C(C)CC(CNS(=O)(=O)NC(=O)OC(C)(C)C)(c1ccccc1)c1ccccc1. The van der Waals surface area contributed by atoms with E-state index in [4.69, 9.17) is 4.74 Å². The molecule has 0 spiro atoms. The molecule has 0 heterocycles.